The minimum atomic E-state index is -0.0128. The van der Waals surface area contributed by atoms with Gasteiger partial charge in [-0.05, 0) is 31.4 Å². The summed E-state index contributed by atoms with van der Waals surface area (Å²) in [6, 6.07) is 5.62. The number of piperidine rings is 2. The topological polar surface area (TPSA) is 73.7 Å². The Kier molecular flexibility index (Phi) is 5.14. The molecule has 0 radical (unpaired) electrons. The molecule has 2 saturated heterocycles. The van der Waals surface area contributed by atoms with Crippen LogP contribution in [0.1, 0.15) is 31.4 Å². The number of aliphatic hydroxyl groups is 1. The van der Waals surface area contributed by atoms with Crippen LogP contribution in [0.2, 0.25) is 0 Å². The molecule has 0 aliphatic carbocycles. The van der Waals surface area contributed by atoms with Gasteiger partial charge in [0, 0.05) is 49.9 Å². The van der Waals surface area contributed by atoms with Gasteiger partial charge in [-0.15, -0.1) is 0 Å². The molecule has 2 amide bonds. The Morgan fingerprint density at radius 1 is 1.29 bits per heavy atom. The molecule has 0 unspecified atom stereocenters. The van der Waals surface area contributed by atoms with Gasteiger partial charge in [0.25, 0.3) is 0 Å². The third kappa shape index (κ3) is 3.75. The summed E-state index contributed by atoms with van der Waals surface area (Å²) < 4.78 is 0. The molecule has 24 heavy (non-hydrogen) atoms. The minimum Gasteiger partial charge on any atom is -0.395 e. The fraction of sp³-hybridized carbons (Fsp3) is 0.611. The lowest BCUT2D eigenvalue weighted by Crippen LogP contribution is -2.55. The van der Waals surface area contributed by atoms with Crippen LogP contribution in [0, 0.1) is 5.41 Å². The van der Waals surface area contributed by atoms with Crippen molar-refractivity contribution in [3.63, 3.8) is 0 Å². The van der Waals surface area contributed by atoms with E-state index >= 15 is 0 Å². The lowest BCUT2D eigenvalue weighted by atomic mass is 9.73. The predicted octanol–water partition coefficient (Wildman–Crippen LogP) is 0.848. The van der Waals surface area contributed by atoms with Gasteiger partial charge in [-0.1, -0.05) is 6.07 Å². The number of likely N-dealkylation sites (tertiary alicyclic amines) is 2. The van der Waals surface area contributed by atoms with E-state index in [4.69, 9.17) is 5.11 Å². The fourth-order valence-electron chi connectivity index (χ4n) is 3.95. The molecule has 3 heterocycles. The number of aliphatic hydroxyl groups excluding tert-OH is 1. The van der Waals surface area contributed by atoms with Gasteiger partial charge in [0.2, 0.25) is 11.8 Å². The van der Waals surface area contributed by atoms with E-state index in [1.807, 2.05) is 23.1 Å². The van der Waals surface area contributed by atoms with Crippen LogP contribution in [0.4, 0.5) is 0 Å². The average Bonchev–Trinajstić information content (AvgIpc) is 2.60. The summed E-state index contributed by atoms with van der Waals surface area (Å²) >= 11 is 0. The Morgan fingerprint density at radius 2 is 2.17 bits per heavy atom. The highest BCUT2D eigenvalue weighted by Crippen LogP contribution is 2.38. The first-order chi connectivity index (χ1) is 11.6. The van der Waals surface area contributed by atoms with E-state index < -0.39 is 0 Å². The quantitative estimate of drug-likeness (QED) is 0.888. The van der Waals surface area contributed by atoms with Crippen molar-refractivity contribution >= 4 is 11.8 Å². The van der Waals surface area contributed by atoms with E-state index in [-0.39, 0.29) is 23.8 Å². The Bertz CT molecular complexity index is 592. The van der Waals surface area contributed by atoms with Crippen molar-refractivity contribution in [3.8, 4) is 0 Å². The Labute approximate surface area is 142 Å². The van der Waals surface area contributed by atoms with Crippen molar-refractivity contribution < 1.29 is 14.7 Å². The molecule has 130 valence electrons. The Morgan fingerprint density at radius 3 is 2.92 bits per heavy atom. The Balaban J connectivity index is 1.65. The van der Waals surface area contributed by atoms with Gasteiger partial charge in [-0.3, -0.25) is 14.6 Å². The summed E-state index contributed by atoms with van der Waals surface area (Å²) in [5.41, 5.74) is 0.782. The number of amides is 2. The van der Waals surface area contributed by atoms with Crippen LogP contribution in [0.15, 0.2) is 24.4 Å². The van der Waals surface area contributed by atoms with Crippen LogP contribution >= 0.6 is 0 Å². The SMILES string of the molecule is O=C1CC[C@@]2(CCCN(C(=O)Cc3ccccn3)C2)CN1CCO. The van der Waals surface area contributed by atoms with Gasteiger partial charge in [-0.2, -0.15) is 0 Å². The molecule has 1 N–H and O–H groups in total. The summed E-state index contributed by atoms with van der Waals surface area (Å²) in [5, 5.41) is 9.16. The first-order valence-electron chi connectivity index (χ1n) is 8.68. The maximum Gasteiger partial charge on any atom is 0.228 e. The highest BCUT2D eigenvalue weighted by atomic mass is 16.3. The highest BCUT2D eigenvalue weighted by Gasteiger charge is 2.42. The average molecular weight is 331 g/mol. The second-order valence-corrected chi connectivity index (χ2v) is 6.96. The zero-order valence-electron chi connectivity index (χ0n) is 14.0. The normalized spacial score (nSPS) is 24.5. The molecule has 0 saturated carbocycles. The van der Waals surface area contributed by atoms with Crippen molar-refractivity contribution in [3.05, 3.63) is 30.1 Å². The molecule has 0 aromatic carbocycles. The lowest BCUT2D eigenvalue weighted by molar-refractivity contribution is -0.143. The first kappa shape index (κ1) is 16.9. The van der Waals surface area contributed by atoms with E-state index in [9.17, 15) is 9.59 Å². The predicted molar refractivity (Wildman–Crippen MR) is 89.1 cm³/mol. The number of nitrogens with zero attached hydrogens (tertiary/aromatic N) is 3. The van der Waals surface area contributed by atoms with E-state index in [0.29, 0.717) is 32.5 Å². The van der Waals surface area contributed by atoms with E-state index in [2.05, 4.69) is 4.98 Å². The van der Waals surface area contributed by atoms with Crippen molar-refractivity contribution in [2.45, 2.75) is 32.1 Å². The number of rotatable bonds is 4. The molecule has 2 aliphatic heterocycles. The first-order valence-corrected chi connectivity index (χ1v) is 8.68. The standard InChI is InChI=1S/C18H25N3O3/c22-11-10-21-14-18(7-5-16(21)23)6-3-9-20(13-18)17(24)12-15-4-1-2-8-19-15/h1-2,4,8,22H,3,5-7,9-14H2/t18-/m1/s1. The second-order valence-electron chi connectivity index (χ2n) is 6.96. The molecule has 1 atom stereocenters. The van der Waals surface area contributed by atoms with Gasteiger partial charge in [0.05, 0.1) is 13.0 Å². The van der Waals surface area contributed by atoms with Crippen molar-refractivity contribution in [1.82, 2.24) is 14.8 Å². The van der Waals surface area contributed by atoms with Crippen molar-refractivity contribution in [2.75, 3.05) is 32.8 Å². The molecule has 1 spiro atoms. The fourth-order valence-corrected chi connectivity index (χ4v) is 3.95. The lowest BCUT2D eigenvalue weighted by Gasteiger charge is -2.48. The van der Waals surface area contributed by atoms with Gasteiger partial charge in [-0.25, -0.2) is 0 Å². The van der Waals surface area contributed by atoms with Crippen molar-refractivity contribution in [2.24, 2.45) is 5.41 Å². The largest absolute Gasteiger partial charge is 0.395 e. The van der Waals surface area contributed by atoms with Crippen LogP contribution in [0.25, 0.3) is 0 Å². The molecule has 2 aliphatic rings. The molecule has 1 aromatic rings. The summed E-state index contributed by atoms with van der Waals surface area (Å²) in [6.45, 7) is 2.52. The molecule has 2 fully saturated rings. The number of aromatic nitrogens is 1. The third-order valence-corrected chi connectivity index (χ3v) is 5.19. The second kappa shape index (κ2) is 7.30. The molecule has 0 bridgehead atoms. The van der Waals surface area contributed by atoms with Gasteiger partial charge < -0.3 is 14.9 Å². The number of carbonyl (C=O) groups is 2. The maximum atomic E-state index is 12.6. The third-order valence-electron chi connectivity index (χ3n) is 5.19. The highest BCUT2D eigenvalue weighted by molar-refractivity contribution is 5.79. The molecular weight excluding hydrogens is 306 g/mol. The minimum absolute atomic E-state index is 0.00978. The molecule has 6 nitrogen and oxygen atoms in total. The van der Waals surface area contributed by atoms with Crippen molar-refractivity contribution in [1.29, 1.82) is 0 Å². The van der Waals surface area contributed by atoms with Gasteiger partial charge >= 0.3 is 0 Å². The number of carbonyl (C=O) groups excluding carboxylic acids is 2. The van der Waals surface area contributed by atoms with E-state index in [0.717, 1.165) is 31.5 Å². The summed E-state index contributed by atoms with van der Waals surface area (Å²) in [5.74, 6) is 0.227. The summed E-state index contributed by atoms with van der Waals surface area (Å²) in [6.07, 6.45) is 5.39. The molecule has 1 aromatic heterocycles. The maximum absolute atomic E-state index is 12.6. The molecule has 3 rings (SSSR count). The summed E-state index contributed by atoms with van der Waals surface area (Å²) in [7, 11) is 0. The number of β-amino-alcohol motifs (C(OH)–C–C–N with tert-alkyl or cyclic N) is 1. The van der Waals surface area contributed by atoms with Crippen LogP contribution in [0.5, 0.6) is 0 Å². The van der Waals surface area contributed by atoms with E-state index in [1.165, 1.54) is 0 Å². The van der Waals surface area contributed by atoms with Crippen LogP contribution in [-0.2, 0) is 16.0 Å². The zero-order valence-corrected chi connectivity index (χ0v) is 14.0. The molecular formula is C18H25N3O3. The van der Waals surface area contributed by atoms with Crippen LogP contribution in [0.3, 0.4) is 0 Å². The van der Waals surface area contributed by atoms with Gasteiger partial charge in [0.1, 0.15) is 0 Å². The number of hydrogen-bond acceptors (Lipinski definition) is 4. The van der Waals surface area contributed by atoms with Gasteiger partial charge in [0.15, 0.2) is 0 Å². The molecule has 6 heteroatoms. The van der Waals surface area contributed by atoms with Crippen LogP contribution in [-0.4, -0.2) is 64.5 Å². The monoisotopic (exact) mass is 331 g/mol. The number of pyridine rings is 1. The Hall–Kier alpha value is -1.95. The number of hydrogen-bond donors (Lipinski definition) is 1. The summed E-state index contributed by atoms with van der Waals surface area (Å²) in [4.78, 5) is 32.6. The zero-order chi connectivity index (χ0) is 17.0. The van der Waals surface area contributed by atoms with E-state index in [1.54, 1.807) is 11.1 Å². The smallest absolute Gasteiger partial charge is 0.228 e. The van der Waals surface area contributed by atoms with Crippen LogP contribution < -0.4 is 0 Å².